The molecule has 0 bridgehead atoms. The molecular formula is C15H25N3O2S. The third kappa shape index (κ3) is 3.05. The Morgan fingerprint density at radius 2 is 2.00 bits per heavy atom. The van der Waals surface area contributed by atoms with Gasteiger partial charge in [-0.3, -0.25) is 9.69 Å². The first-order chi connectivity index (χ1) is 9.68. The van der Waals surface area contributed by atoms with Gasteiger partial charge in [0.05, 0.1) is 4.99 Å². The average molecular weight is 311 g/mol. The number of amides is 3. The minimum Gasteiger partial charge on any atom is -0.393 e. The fourth-order valence-corrected chi connectivity index (χ4v) is 3.09. The maximum Gasteiger partial charge on any atom is 0.325 e. The topological polar surface area (TPSA) is 75.4 Å². The lowest BCUT2D eigenvalue weighted by Crippen LogP contribution is -2.49. The molecule has 6 heteroatoms. The van der Waals surface area contributed by atoms with Crippen molar-refractivity contribution in [1.82, 2.24) is 10.2 Å². The molecule has 1 spiro atoms. The number of carbonyl (C=O) groups is 2. The number of imide groups is 1. The molecular weight excluding hydrogens is 286 g/mol. The van der Waals surface area contributed by atoms with Crippen LogP contribution in [0.3, 0.4) is 0 Å². The fourth-order valence-electron chi connectivity index (χ4n) is 2.99. The Labute approximate surface area is 131 Å². The van der Waals surface area contributed by atoms with E-state index in [1.165, 1.54) is 4.90 Å². The normalized spacial score (nSPS) is 29.9. The van der Waals surface area contributed by atoms with E-state index in [0.717, 1.165) is 25.7 Å². The smallest absolute Gasteiger partial charge is 0.325 e. The summed E-state index contributed by atoms with van der Waals surface area (Å²) < 4.78 is 0. The SMILES string of the molecule is CC1CCC2(CC1)NC(=O)N(CCC(C)(C)C(N)=S)C2=O. The molecule has 1 aliphatic carbocycles. The van der Waals surface area contributed by atoms with Crippen molar-refractivity contribution in [3.63, 3.8) is 0 Å². The summed E-state index contributed by atoms with van der Waals surface area (Å²) in [6.45, 7) is 6.43. The summed E-state index contributed by atoms with van der Waals surface area (Å²) in [6.07, 6.45) is 4.05. The number of nitrogens with two attached hydrogens (primary N) is 1. The molecule has 0 aromatic heterocycles. The highest BCUT2D eigenvalue weighted by atomic mass is 32.1. The van der Waals surface area contributed by atoms with E-state index in [1.54, 1.807) is 0 Å². The van der Waals surface area contributed by atoms with E-state index < -0.39 is 5.54 Å². The lowest BCUT2D eigenvalue weighted by Gasteiger charge is -2.33. The summed E-state index contributed by atoms with van der Waals surface area (Å²) in [5.74, 6) is 0.557. The highest BCUT2D eigenvalue weighted by Gasteiger charge is 2.52. The number of carbonyl (C=O) groups excluding carboxylic acids is 2. The summed E-state index contributed by atoms with van der Waals surface area (Å²) in [4.78, 5) is 26.6. The first-order valence-corrected chi connectivity index (χ1v) is 8.03. The summed E-state index contributed by atoms with van der Waals surface area (Å²) in [5, 5.41) is 2.93. The lowest BCUT2D eigenvalue weighted by atomic mass is 9.77. The molecule has 2 fully saturated rings. The second-order valence-corrected chi connectivity index (χ2v) is 7.59. The Balaban J connectivity index is 2.04. The van der Waals surface area contributed by atoms with E-state index in [0.29, 0.717) is 23.9 Å². The van der Waals surface area contributed by atoms with Crippen molar-refractivity contribution < 1.29 is 9.59 Å². The first-order valence-electron chi connectivity index (χ1n) is 7.62. The molecule has 1 saturated carbocycles. The predicted octanol–water partition coefficient (Wildman–Crippen LogP) is 2.19. The van der Waals surface area contributed by atoms with Gasteiger partial charge in [-0.1, -0.05) is 33.0 Å². The molecule has 2 aliphatic rings. The van der Waals surface area contributed by atoms with E-state index in [4.69, 9.17) is 18.0 Å². The van der Waals surface area contributed by atoms with Gasteiger partial charge in [0.15, 0.2) is 0 Å². The molecule has 1 saturated heterocycles. The van der Waals surface area contributed by atoms with Crippen molar-refractivity contribution >= 4 is 29.1 Å². The van der Waals surface area contributed by atoms with Crippen LogP contribution in [0.2, 0.25) is 0 Å². The van der Waals surface area contributed by atoms with Gasteiger partial charge in [-0.2, -0.15) is 0 Å². The van der Waals surface area contributed by atoms with Crippen molar-refractivity contribution in [2.45, 2.75) is 58.4 Å². The number of thiocarbonyl (C=S) groups is 1. The van der Waals surface area contributed by atoms with Crippen LogP contribution >= 0.6 is 12.2 Å². The number of hydrogen-bond donors (Lipinski definition) is 2. The van der Waals surface area contributed by atoms with E-state index >= 15 is 0 Å². The van der Waals surface area contributed by atoms with E-state index in [1.807, 2.05) is 13.8 Å². The van der Waals surface area contributed by atoms with Crippen LogP contribution in [0.25, 0.3) is 0 Å². The van der Waals surface area contributed by atoms with Gasteiger partial charge in [0.25, 0.3) is 5.91 Å². The molecule has 0 atom stereocenters. The maximum absolute atomic E-state index is 12.7. The number of urea groups is 1. The number of nitrogens with one attached hydrogen (secondary N) is 1. The van der Waals surface area contributed by atoms with Crippen molar-refractivity contribution in [3.05, 3.63) is 0 Å². The molecule has 0 aromatic rings. The van der Waals surface area contributed by atoms with Crippen LogP contribution in [-0.4, -0.2) is 33.9 Å². The monoisotopic (exact) mass is 311 g/mol. The number of hydrogen-bond acceptors (Lipinski definition) is 3. The molecule has 5 nitrogen and oxygen atoms in total. The molecule has 0 radical (unpaired) electrons. The lowest BCUT2D eigenvalue weighted by molar-refractivity contribution is -0.132. The van der Waals surface area contributed by atoms with Crippen LogP contribution < -0.4 is 11.1 Å². The summed E-state index contributed by atoms with van der Waals surface area (Å²) in [6, 6.07) is -0.270. The van der Waals surface area contributed by atoms with Gasteiger partial charge >= 0.3 is 6.03 Å². The Bertz CT molecular complexity index is 468. The Morgan fingerprint density at radius 3 is 2.52 bits per heavy atom. The minimum absolute atomic E-state index is 0.0712. The molecule has 1 heterocycles. The van der Waals surface area contributed by atoms with Crippen molar-refractivity contribution in [2.24, 2.45) is 17.1 Å². The standard InChI is InChI=1S/C15H25N3O2S/c1-10-4-6-15(7-5-10)12(19)18(13(20)17-15)9-8-14(2,3)11(16)21/h10H,4-9H2,1-3H3,(H2,16,21)(H,17,20). The molecule has 3 amide bonds. The van der Waals surface area contributed by atoms with Gasteiger partial charge in [0, 0.05) is 12.0 Å². The molecule has 1 aliphatic heterocycles. The highest BCUT2D eigenvalue weighted by molar-refractivity contribution is 7.80. The van der Waals surface area contributed by atoms with Crippen LogP contribution in [0.1, 0.15) is 52.9 Å². The highest BCUT2D eigenvalue weighted by Crippen LogP contribution is 2.36. The van der Waals surface area contributed by atoms with Gasteiger partial charge in [-0.05, 0) is 38.0 Å². The van der Waals surface area contributed by atoms with Crippen LogP contribution in [-0.2, 0) is 4.79 Å². The first kappa shape index (κ1) is 16.2. The molecule has 118 valence electrons. The van der Waals surface area contributed by atoms with Gasteiger partial charge in [0.1, 0.15) is 5.54 Å². The van der Waals surface area contributed by atoms with Gasteiger partial charge in [-0.15, -0.1) is 0 Å². The van der Waals surface area contributed by atoms with E-state index in [9.17, 15) is 9.59 Å². The maximum atomic E-state index is 12.7. The molecule has 3 N–H and O–H groups in total. The summed E-state index contributed by atoms with van der Waals surface area (Å²) in [7, 11) is 0. The van der Waals surface area contributed by atoms with Crippen LogP contribution in [0.15, 0.2) is 0 Å². The van der Waals surface area contributed by atoms with Gasteiger partial charge in [0.2, 0.25) is 0 Å². The van der Waals surface area contributed by atoms with Crippen molar-refractivity contribution in [3.8, 4) is 0 Å². The molecule has 0 aromatic carbocycles. The molecule has 21 heavy (non-hydrogen) atoms. The third-order valence-corrected chi connectivity index (χ3v) is 5.55. The van der Waals surface area contributed by atoms with Gasteiger partial charge < -0.3 is 11.1 Å². The Morgan fingerprint density at radius 1 is 1.43 bits per heavy atom. The average Bonchev–Trinajstić information content (AvgIpc) is 2.63. The second-order valence-electron chi connectivity index (χ2n) is 7.15. The van der Waals surface area contributed by atoms with Crippen molar-refractivity contribution in [2.75, 3.05) is 6.54 Å². The number of nitrogens with zero attached hydrogens (tertiary/aromatic N) is 1. The summed E-state index contributed by atoms with van der Waals surface area (Å²) >= 11 is 5.04. The van der Waals surface area contributed by atoms with Gasteiger partial charge in [-0.25, -0.2) is 4.79 Å². The van der Waals surface area contributed by atoms with E-state index in [2.05, 4.69) is 12.2 Å². The second kappa shape index (κ2) is 5.55. The van der Waals surface area contributed by atoms with Crippen LogP contribution in [0.4, 0.5) is 4.79 Å². The number of rotatable bonds is 4. The quantitative estimate of drug-likeness (QED) is 0.616. The Hall–Kier alpha value is -1.17. The Kier molecular flexibility index (Phi) is 4.29. The zero-order valence-corrected chi connectivity index (χ0v) is 13.9. The molecule has 0 unspecified atom stereocenters. The van der Waals surface area contributed by atoms with Crippen LogP contribution in [0, 0.1) is 11.3 Å². The predicted molar refractivity (Wildman–Crippen MR) is 85.8 cm³/mol. The fraction of sp³-hybridized carbons (Fsp3) is 0.800. The molecule has 2 rings (SSSR count). The minimum atomic E-state index is -0.656. The zero-order chi connectivity index (χ0) is 15.8. The third-order valence-electron chi connectivity index (χ3n) is 5.00. The van der Waals surface area contributed by atoms with Crippen LogP contribution in [0.5, 0.6) is 0 Å². The van der Waals surface area contributed by atoms with E-state index in [-0.39, 0.29) is 17.4 Å². The summed E-state index contributed by atoms with van der Waals surface area (Å²) in [5.41, 5.74) is 4.69. The zero-order valence-electron chi connectivity index (χ0n) is 13.1. The van der Waals surface area contributed by atoms with Crippen molar-refractivity contribution in [1.29, 1.82) is 0 Å². The largest absolute Gasteiger partial charge is 0.393 e.